The molecule has 2 aliphatic heterocycles. The smallest absolute Gasteiger partial charge is 0.308 e. The van der Waals surface area contributed by atoms with E-state index in [2.05, 4.69) is 26.0 Å². The summed E-state index contributed by atoms with van der Waals surface area (Å²) in [7, 11) is 0. The predicted octanol–water partition coefficient (Wildman–Crippen LogP) is 17.9. The molecule has 10 nitrogen and oxygen atoms in total. The van der Waals surface area contributed by atoms with Gasteiger partial charge in [-0.25, -0.2) is 19.6 Å². The first kappa shape index (κ1) is 62.9. The number of hydrogen-bond donors (Lipinski definition) is 2. The van der Waals surface area contributed by atoms with Crippen LogP contribution in [0.15, 0.2) is 72.8 Å². The van der Waals surface area contributed by atoms with Gasteiger partial charge >= 0.3 is 5.97 Å². The molecule has 2 saturated heterocycles. The van der Waals surface area contributed by atoms with Crippen molar-refractivity contribution in [3.8, 4) is 17.2 Å². The lowest BCUT2D eigenvalue weighted by Gasteiger charge is -2.68. The van der Waals surface area contributed by atoms with E-state index in [4.69, 9.17) is 29.4 Å². The van der Waals surface area contributed by atoms with Crippen molar-refractivity contribution < 1.29 is 48.9 Å². The summed E-state index contributed by atoms with van der Waals surface area (Å²) in [5, 5.41) is 18.9. The summed E-state index contributed by atoms with van der Waals surface area (Å²) in [6.07, 6.45) is 31.9. The van der Waals surface area contributed by atoms with Crippen LogP contribution in [0.1, 0.15) is 245 Å². The number of aromatic hydroxyl groups is 2. The average molecular weight is 1120 g/mol. The molecule has 16 unspecified atom stereocenters. The van der Waals surface area contributed by atoms with Crippen LogP contribution in [-0.2, 0) is 40.3 Å². The van der Waals surface area contributed by atoms with Gasteiger partial charge in [-0.3, -0.25) is 14.4 Å². The van der Waals surface area contributed by atoms with E-state index in [-0.39, 0.29) is 28.7 Å². The summed E-state index contributed by atoms with van der Waals surface area (Å²) < 4.78 is 5.34. The van der Waals surface area contributed by atoms with Crippen LogP contribution in [0.2, 0.25) is 0 Å². The number of esters is 1. The first-order valence-corrected chi connectivity index (χ1v) is 32.9. The molecule has 11 fully saturated rings. The van der Waals surface area contributed by atoms with Crippen molar-refractivity contribution >= 4 is 17.5 Å². The lowest BCUT2D eigenvalue weighted by Crippen LogP contribution is -2.74. The molecule has 81 heavy (non-hydrogen) atoms. The lowest BCUT2D eigenvalue weighted by atomic mass is 9.46. The van der Waals surface area contributed by atoms with Crippen molar-refractivity contribution in [2.24, 2.45) is 71.0 Å². The van der Waals surface area contributed by atoms with Crippen LogP contribution in [0.4, 0.5) is 0 Å². The number of phenols is 2. The standard InChI is InChI=1S/C23H30O4.C21H28O3.C13H20O.C8H8O2.3C2H6/c1-15(24)25-19-10-5-8-17(14-19)22(2)23(27-26-22)18-9-6-12-21(23)20-11-4-3-7-16(20)13-18;1-20(15-7-4-9-17(22)13-15)21(24-23-20)16-8-5-11-19(21)18-10-3-2-6-14(18)12-16;14-13-10-5-3-7-12(13)11-6-2-1-4-9(11)8-10;1-6(9)7-3-2-4-8(10)5-7;3*1-2/h5,8,10,14,16,18,20-21H,3-4,6-7,9,11-13H2,1-2H3;4,7,9,13-14,16,18-19,22H,2-3,5-6,8,10-12H2,1H3;9-12H,1-8H2;2-5,10H,1H3;3*1-2H3. The quantitative estimate of drug-likeness (QED) is 0.112. The summed E-state index contributed by atoms with van der Waals surface area (Å²) >= 11 is 0. The van der Waals surface area contributed by atoms with Gasteiger partial charge in [-0.05, 0) is 205 Å². The Hall–Kier alpha value is -4.09. The summed E-state index contributed by atoms with van der Waals surface area (Å²) in [5.74, 6) is 9.75. The zero-order valence-electron chi connectivity index (χ0n) is 51.5. The summed E-state index contributed by atoms with van der Waals surface area (Å²) in [4.78, 5) is 58.2. The van der Waals surface area contributed by atoms with E-state index in [1.165, 1.54) is 180 Å². The van der Waals surface area contributed by atoms with Crippen LogP contribution >= 0.6 is 0 Å². The Morgan fingerprint density at radius 2 is 0.951 bits per heavy atom. The molecule has 2 heterocycles. The van der Waals surface area contributed by atoms with E-state index in [0.717, 1.165) is 46.6 Å². The third kappa shape index (κ3) is 12.1. The van der Waals surface area contributed by atoms with Crippen LogP contribution in [0.3, 0.4) is 0 Å². The van der Waals surface area contributed by atoms with Gasteiger partial charge in [-0.15, -0.1) is 0 Å². The van der Waals surface area contributed by atoms with Gasteiger partial charge < -0.3 is 14.9 Å². The molecular formula is C71H104O10. The Morgan fingerprint density at radius 3 is 1.42 bits per heavy atom. The van der Waals surface area contributed by atoms with Crippen molar-refractivity contribution in [1.29, 1.82) is 0 Å². The number of phenolic OH excluding ortho intramolecular Hbond substituents is 2. The van der Waals surface area contributed by atoms with Crippen LogP contribution in [0, 0.1) is 71.0 Å². The molecule has 3 aromatic rings. The monoisotopic (exact) mass is 1120 g/mol. The summed E-state index contributed by atoms with van der Waals surface area (Å²) in [5.41, 5.74) is 1.38. The molecule has 16 atom stereocenters. The van der Waals surface area contributed by atoms with Gasteiger partial charge in [-0.1, -0.05) is 155 Å². The highest BCUT2D eigenvalue weighted by Crippen LogP contribution is 2.69. The van der Waals surface area contributed by atoms with E-state index in [1.807, 2.05) is 71.9 Å². The number of rotatable bonds is 4. The number of fused-ring (bicyclic) bond motifs is 8. The highest BCUT2D eigenvalue weighted by molar-refractivity contribution is 5.94. The second-order valence-electron chi connectivity index (χ2n) is 25.7. The molecule has 11 aliphatic rings. The van der Waals surface area contributed by atoms with Crippen molar-refractivity contribution in [2.45, 2.75) is 246 Å². The lowest BCUT2D eigenvalue weighted by molar-refractivity contribution is -0.590. The number of hydrogen-bond acceptors (Lipinski definition) is 10. The first-order valence-electron chi connectivity index (χ1n) is 32.9. The Morgan fingerprint density at radius 1 is 0.494 bits per heavy atom. The van der Waals surface area contributed by atoms with E-state index < -0.39 is 11.2 Å². The van der Waals surface area contributed by atoms with Gasteiger partial charge in [0, 0.05) is 24.3 Å². The van der Waals surface area contributed by atoms with Crippen molar-refractivity contribution in [3.63, 3.8) is 0 Å². The van der Waals surface area contributed by atoms with Crippen molar-refractivity contribution in [3.05, 3.63) is 89.5 Å². The normalized spacial score (nSPS) is 37.8. The van der Waals surface area contributed by atoms with Crippen molar-refractivity contribution in [1.82, 2.24) is 0 Å². The summed E-state index contributed by atoms with van der Waals surface area (Å²) in [6, 6.07) is 21.8. The van der Waals surface area contributed by atoms with Crippen LogP contribution in [0.25, 0.3) is 0 Å². The fourth-order valence-electron chi connectivity index (χ4n) is 18.8. The molecule has 9 saturated carbocycles. The zero-order valence-corrected chi connectivity index (χ0v) is 51.5. The maximum absolute atomic E-state index is 12.1. The molecule has 14 rings (SSSR count). The maximum Gasteiger partial charge on any atom is 0.308 e. The van der Waals surface area contributed by atoms with E-state index in [1.54, 1.807) is 18.2 Å². The minimum absolute atomic E-state index is 0.0316. The minimum atomic E-state index is -0.471. The van der Waals surface area contributed by atoms with Gasteiger partial charge in [-0.2, -0.15) is 0 Å². The molecule has 6 bridgehead atoms. The largest absolute Gasteiger partial charge is 0.508 e. The second-order valence-corrected chi connectivity index (χ2v) is 25.7. The van der Waals surface area contributed by atoms with Gasteiger partial charge in [0.25, 0.3) is 0 Å². The molecule has 2 spiro atoms. The molecule has 3 aromatic carbocycles. The summed E-state index contributed by atoms with van der Waals surface area (Å²) in [6.45, 7) is 19.3. The highest BCUT2D eigenvalue weighted by atomic mass is 17.3. The van der Waals surface area contributed by atoms with Crippen LogP contribution in [0.5, 0.6) is 17.2 Å². The Balaban J connectivity index is 0.000000145. The Kier molecular flexibility index (Phi) is 21.6. The second kappa shape index (κ2) is 27.7. The van der Waals surface area contributed by atoms with E-state index in [0.29, 0.717) is 58.4 Å². The van der Waals surface area contributed by atoms with Crippen LogP contribution < -0.4 is 4.74 Å². The molecular weight excluding hydrogens is 1010 g/mol. The number of benzene rings is 3. The van der Waals surface area contributed by atoms with Crippen molar-refractivity contribution in [2.75, 3.05) is 0 Å². The minimum Gasteiger partial charge on any atom is -0.508 e. The Bertz CT molecular complexity index is 2540. The van der Waals surface area contributed by atoms with E-state index >= 15 is 0 Å². The molecule has 448 valence electrons. The molecule has 0 radical (unpaired) electrons. The van der Waals surface area contributed by atoms with Gasteiger partial charge in [0.2, 0.25) is 0 Å². The SMILES string of the molecule is CC.CC.CC.CC(=O)Oc1cccc(C2(C)OOC23C2CCCC3C3CCCCC3C2)c1.CC(=O)c1cccc(O)c1.CC1(c2cccc(O)c2)OOC12C1CCCC2C2CCCCC2C1.O=C1C2CCCC1C1CCCCC1C2. The van der Waals surface area contributed by atoms with Gasteiger partial charge in [0.15, 0.2) is 17.0 Å². The topological polar surface area (TPSA) is 138 Å². The third-order valence-corrected chi connectivity index (χ3v) is 22.0. The Labute approximate surface area is 487 Å². The zero-order chi connectivity index (χ0) is 58.1. The molecule has 9 aliphatic carbocycles. The van der Waals surface area contributed by atoms with Crippen LogP contribution in [-0.4, -0.2) is 39.0 Å². The number of Topliss-reactive ketones (excluding diaryl/α,β-unsaturated/α-hetero) is 2. The van der Waals surface area contributed by atoms with E-state index in [9.17, 15) is 19.5 Å². The number of carbonyl (C=O) groups is 3. The van der Waals surface area contributed by atoms with Gasteiger partial charge in [0.1, 0.15) is 34.2 Å². The molecule has 0 aromatic heterocycles. The number of ketones is 2. The third-order valence-electron chi connectivity index (χ3n) is 22.0. The fraction of sp³-hybridized carbons (Fsp3) is 0.704. The average Bonchev–Trinajstić information content (AvgIpc) is 3.65. The molecule has 0 amide bonds. The molecule has 2 N–H and O–H groups in total. The predicted molar refractivity (Wildman–Crippen MR) is 320 cm³/mol. The molecule has 10 heteroatoms. The highest BCUT2D eigenvalue weighted by Gasteiger charge is 2.74. The maximum atomic E-state index is 12.1. The number of ether oxygens (including phenoxy) is 1. The fourth-order valence-corrected chi connectivity index (χ4v) is 18.8. The van der Waals surface area contributed by atoms with Gasteiger partial charge in [0.05, 0.1) is 0 Å². The first-order chi connectivity index (χ1) is 39.3. The number of carbonyl (C=O) groups excluding carboxylic acids is 3.